The zero-order valence-corrected chi connectivity index (χ0v) is 15.8. The van der Waals surface area contributed by atoms with E-state index in [1.807, 2.05) is 30.3 Å². The first-order valence-electron chi connectivity index (χ1n) is 8.57. The second kappa shape index (κ2) is 8.65. The average Bonchev–Trinajstić information content (AvgIpc) is 2.53. The summed E-state index contributed by atoms with van der Waals surface area (Å²) in [4.78, 5) is 4.34. The minimum absolute atomic E-state index is 0.304. The van der Waals surface area contributed by atoms with Crippen LogP contribution in [0.1, 0.15) is 38.4 Å². The van der Waals surface area contributed by atoms with E-state index < -0.39 is 5.60 Å². The predicted octanol–water partition coefficient (Wildman–Crippen LogP) is 3.98. The lowest BCUT2D eigenvalue weighted by molar-refractivity contribution is 0.0254. The van der Waals surface area contributed by atoms with E-state index in [2.05, 4.69) is 18.8 Å². The molecule has 2 aromatic rings. The van der Waals surface area contributed by atoms with Crippen molar-refractivity contribution in [3.8, 4) is 5.75 Å². The Morgan fingerprint density at radius 2 is 2.00 bits per heavy atom. The molecule has 3 N–H and O–H groups in total. The summed E-state index contributed by atoms with van der Waals surface area (Å²) >= 11 is 6.15. The molecule has 1 aromatic carbocycles. The van der Waals surface area contributed by atoms with Gasteiger partial charge in [0.15, 0.2) is 0 Å². The Balaban J connectivity index is 2.02. The lowest BCUT2D eigenvalue weighted by Crippen LogP contribution is -2.48. The van der Waals surface area contributed by atoms with Crippen LogP contribution in [0, 0.1) is 5.92 Å². The smallest absolute Gasteiger partial charge is 0.123 e. The lowest BCUT2D eigenvalue weighted by Gasteiger charge is -2.31. The zero-order valence-electron chi connectivity index (χ0n) is 15.1. The molecule has 0 aliphatic heterocycles. The molecule has 2 rings (SSSR count). The molecular formula is C20H27ClN2O2. The molecule has 1 heterocycles. The summed E-state index contributed by atoms with van der Waals surface area (Å²) in [6.45, 7) is 6.33. The minimum atomic E-state index is -1.02. The van der Waals surface area contributed by atoms with E-state index >= 15 is 0 Å². The van der Waals surface area contributed by atoms with Crippen LogP contribution in [0.25, 0.3) is 0 Å². The number of nitrogens with zero attached hydrogens (tertiary/aromatic N) is 1. The number of ether oxygens (including phenoxy) is 1. The Morgan fingerprint density at radius 1 is 1.28 bits per heavy atom. The number of benzene rings is 1. The van der Waals surface area contributed by atoms with Crippen molar-refractivity contribution in [2.75, 3.05) is 0 Å². The molecule has 2 atom stereocenters. The highest BCUT2D eigenvalue weighted by atomic mass is 35.5. The molecule has 0 aliphatic rings. The Kier molecular flexibility index (Phi) is 6.82. The topological polar surface area (TPSA) is 68.4 Å². The number of pyridine rings is 1. The maximum Gasteiger partial charge on any atom is 0.123 e. The van der Waals surface area contributed by atoms with E-state index in [0.29, 0.717) is 29.7 Å². The van der Waals surface area contributed by atoms with Gasteiger partial charge in [0, 0.05) is 41.0 Å². The SMILES string of the molecule is CC(C)C[C@H](N)C(C)(O)Cc1cc(OCc2ccccc2Cl)ccn1. The van der Waals surface area contributed by atoms with Gasteiger partial charge in [0.1, 0.15) is 12.4 Å². The van der Waals surface area contributed by atoms with Gasteiger partial charge in [0.05, 0.1) is 5.60 Å². The lowest BCUT2D eigenvalue weighted by atomic mass is 9.86. The van der Waals surface area contributed by atoms with E-state index in [9.17, 15) is 5.11 Å². The Labute approximate surface area is 155 Å². The van der Waals surface area contributed by atoms with Crippen LogP contribution in [0.5, 0.6) is 5.75 Å². The van der Waals surface area contributed by atoms with E-state index in [-0.39, 0.29) is 6.04 Å². The van der Waals surface area contributed by atoms with Crippen molar-refractivity contribution in [2.45, 2.75) is 51.9 Å². The summed E-state index contributed by atoms with van der Waals surface area (Å²) in [6.07, 6.45) is 2.82. The first-order valence-corrected chi connectivity index (χ1v) is 8.95. The fourth-order valence-corrected chi connectivity index (χ4v) is 2.87. The average molecular weight is 363 g/mol. The Hall–Kier alpha value is -1.62. The molecule has 0 bridgehead atoms. The van der Waals surface area contributed by atoms with Crippen LogP contribution in [0.2, 0.25) is 5.02 Å². The summed E-state index contributed by atoms with van der Waals surface area (Å²) in [5.74, 6) is 1.12. The van der Waals surface area contributed by atoms with E-state index in [4.69, 9.17) is 22.1 Å². The van der Waals surface area contributed by atoms with Crippen LogP contribution >= 0.6 is 11.6 Å². The van der Waals surface area contributed by atoms with E-state index in [1.165, 1.54) is 0 Å². The second-order valence-corrected chi connectivity index (χ2v) is 7.54. The maximum absolute atomic E-state index is 10.7. The van der Waals surface area contributed by atoms with Crippen molar-refractivity contribution in [3.05, 3.63) is 58.9 Å². The van der Waals surface area contributed by atoms with Gasteiger partial charge < -0.3 is 15.6 Å². The number of aromatic nitrogens is 1. The molecule has 0 fully saturated rings. The third-order valence-electron chi connectivity index (χ3n) is 4.20. The van der Waals surface area contributed by atoms with Gasteiger partial charge >= 0.3 is 0 Å². The van der Waals surface area contributed by atoms with Gasteiger partial charge in [-0.1, -0.05) is 43.6 Å². The zero-order chi connectivity index (χ0) is 18.4. The summed E-state index contributed by atoms with van der Waals surface area (Å²) in [6, 6.07) is 10.9. The van der Waals surface area contributed by atoms with E-state index in [1.54, 1.807) is 19.2 Å². The van der Waals surface area contributed by atoms with Crippen LogP contribution in [0.3, 0.4) is 0 Å². The molecule has 5 heteroatoms. The molecular weight excluding hydrogens is 336 g/mol. The minimum Gasteiger partial charge on any atom is -0.489 e. The van der Waals surface area contributed by atoms with Gasteiger partial charge in [-0.05, 0) is 31.4 Å². The van der Waals surface area contributed by atoms with Crippen LogP contribution in [0.15, 0.2) is 42.6 Å². The third-order valence-corrected chi connectivity index (χ3v) is 4.57. The highest BCUT2D eigenvalue weighted by Gasteiger charge is 2.30. The first kappa shape index (κ1) is 19.7. The van der Waals surface area contributed by atoms with Crippen molar-refractivity contribution >= 4 is 11.6 Å². The van der Waals surface area contributed by atoms with Gasteiger partial charge in [0.25, 0.3) is 0 Å². The molecule has 0 spiro atoms. The monoisotopic (exact) mass is 362 g/mol. The Bertz CT molecular complexity index is 689. The summed E-state index contributed by atoms with van der Waals surface area (Å²) < 4.78 is 5.82. The number of aliphatic hydroxyl groups is 1. The fraction of sp³-hybridized carbons (Fsp3) is 0.450. The molecule has 1 aromatic heterocycles. The molecule has 0 radical (unpaired) electrons. The molecule has 0 amide bonds. The highest BCUT2D eigenvalue weighted by Crippen LogP contribution is 2.23. The largest absolute Gasteiger partial charge is 0.489 e. The van der Waals surface area contributed by atoms with Crippen molar-refractivity contribution in [1.29, 1.82) is 0 Å². The highest BCUT2D eigenvalue weighted by molar-refractivity contribution is 6.31. The molecule has 0 aliphatic carbocycles. The summed E-state index contributed by atoms with van der Waals surface area (Å²) in [5.41, 5.74) is 6.83. The third kappa shape index (κ3) is 5.99. The number of rotatable bonds is 8. The van der Waals surface area contributed by atoms with Crippen molar-refractivity contribution in [1.82, 2.24) is 4.98 Å². The molecule has 0 saturated heterocycles. The van der Waals surface area contributed by atoms with Crippen LogP contribution < -0.4 is 10.5 Å². The number of halogens is 1. The van der Waals surface area contributed by atoms with E-state index in [0.717, 1.165) is 17.7 Å². The van der Waals surface area contributed by atoms with Gasteiger partial charge in [-0.2, -0.15) is 0 Å². The normalized spacial score (nSPS) is 15.0. The van der Waals surface area contributed by atoms with Crippen molar-refractivity contribution in [3.63, 3.8) is 0 Å². The molecule has 136 valence electrons. The maximum atomic E-state index is 10.7. The molecule has 25 heavy (non-hydrogen) atoms. The quantitative estimate of drug-likeness (QED) is 0.745. The summed E-state index contributed by atoms with van der Waals surface area (Å²) in [7, 11) is 0. The van der Waals surface area contributed by atoms with Gasteiger partial charge in [-0.15, -0.1) is 0 Å². The van der Waals surface area contributed by atoms with Crippen LogP contribution in [-0.4, -0.2) is 21.7 Å². The number of hydrogen-bond acceptors (Lipinski definition) is 4. The van der Waals surface area contributed by atoms with Gasteiger partial charge in [-0.3, -0.25) is 4.98 Å². The molecule has 4 nitrogen and oxygen atoms in total. The standard InChI is InChI=1S/C20H27ClN2O2/c1-14(2)10-19(22)20(3,24)12-16-11-17(8-9-23-16)25-13-15-6-4-5-7-18(15)21/h4-9,11,14,19,24H,10,12-13,22H2,1-3H3/t19-,20?/m0/s1. The molecule has 1 unspecified atom stereocenters. The Morgan fingerprint density at radius 3 is 2.68 bits per heavy atom. The molecule has 0 saturated carbocycles. The number of hydrogen-bond donors (Lipinski definition) is 2. The first-order chi connectivity index (χ1) is 11.8. The van der Waals surface area contributed by atoms with Crippen LogP contribution in [-0.2, 0) is 13.0 Å². The van der Waals surface area contributed by atoms with Crippen molar-refractivity contribution in [2.24, 2.45) is 11.7 Å². The fourth-order valence-electron chi connectivity index (χ4n) is 2.68. The van der Waals surface area contributed by atoms with Crippen LogP contribution in [0.4, 0.5) is 0 Å². The second-order valence-electron chi connectivity index (χ2n) is 7.13. The number of nitrogens with two attached hydrogens (primary N) is 1. The summed E-state index contributed by atoms with van der Waals surface area (Å²) in [5, 5.41) is 11.4. The van der Waals surface area contributed by atoms with Crippen molar-refractivity contribution < 1.29 is 9.84 Å². The van der Waals surface area contributed by atoms with Gasteiger partial charge in [-0.25, -0.2) is 0 Å². The predicted molar refractivity (Wildman–Crippen MR) is 102 cm³/mol. The van der Waals surface area contributed by atoms with Gasteiger partial charge in [0.2, 0.25) is 0 Å².